The van der Waals surface area contributed by atoms with Gasteiger partial charge in [-0.15, -0.1) is 0 Å². The van der Waals surface area contributed by atoms with Crippen LogP contribution in [0.3, 0.4) is 0 Å². The molecule has 0 aliphatic heterocycles. The first kappa shape index (κ1) is 23.9. The summed E-state index contributed by atoms with van der Waals surface area (Å²) in [6.07, 6.45) is 16.2. The summed E-state index contributed by atoms with van der Waals surface area (Å²) in [7, 11) is 0. The largest absolute Gasteiger partial charge is 0.481 e. The van der Waals surface area contributed by atoms with Crippen molar-refractivity contribution >= 4 is 11.8 Å². The van der Waals surface area contributed by atoms with Gasteiger partial charge in [0.25, 0.3) is 0 Å². The molecule has 0 radical (unpaired) electrons. The molecule has 0 rings (SSSR count). The highest BCUT2D eigenvalue weighted by Crippen LogP contribution is 2.22. The Balaban J connectivity index is 3.74. The molecule has 0 fully saturated rings. The summed E-state index contributed by atoms with van der Waals surface area (Å²) in [5.74, 6) is -0.228. The van der Waals surface area contributed by atoms with Gasteiger partial charge in [-0.05, 0) is 31.8 Å². The van der Waals surface area contributed by atoms with E-state index in [1.54, 1.807) is 0 Å². The molecule has 0 spiro atoms. The van der Waals surface area contributed by atoms with E-state index in [4.69, 9.17) is 5.11 Å². The topological polar surface area (TPSA) is 54.4 Å². The maximum absolute atomic E-state index is 12.3. The third kappa shape index (κ3) is 14.9. The Morgan fingerprint density at radius 1 is 0.800 bits per heavy atom. The van der Waals surface area contributed by atoms with Crippen molar-refractivity contribution in [1.82, 2.24) is 0 Å². The second-order valence-corrected chi connectivity index (χ2v) is 7.45. The number of carbonyl (C=O) groups is 2. The standard InChI is InChI=1S/C22H40O3/c1-4-5-6-13-16-20(22(25)19(2)3)17-14-11-9-7-8-10-12-15-18-21(23)24/h20H,2,4-18H2,1,3H3,(H,23,24). The zero-order valence-corrected chi connectivity index (χ0v) is 16.7. The molecular weight excluding hydrogens is 312 g/mol. The number of carboxylic acids is 1. The van der Waals surface area contributed by atoms with Gasteiger partial charge in [-0.1, -0.05) is 84.1 Å². The highest BCUT2D eigenvalue weighted by atomic mass is 16.4. The van der Waals surface area contributed by atoms with Crippen molar-refractivity contribution in [2.24, 2.45) is 5.92 Å². The average Bonchev–Trinajstić information content (AvgIpc) is 2.57. The molecule has 0 bridgehead atoms. The first-order valence-corrected chi connectivity index (χ1v) is 10.4. The van der Waals surface area contributed by atoms with Crippen molar-refractivity contribution in [2.45, 2.75) is 110 Å². The maximum Gasteiger partial charge on any atom is 0.303 e. The third-order valence-electron chi connectivity index (χ3n) is 4.89. The second-order valence-electron chi connectivity index (χ2n) is 7.45. The van der Waals surface area contributed by atoms with Crippen molar-refractivity contribution in [3.05, 3.63) is 12.2 Å². The molecule has 0 aromatic carbocycles. The molecule has 1 unspecified atom stereocenters. The molecule has 3 heteroatoms. The molecule has 0 aliphatic rings. The summed E-state index contributed by atoms with van der Waals surface area (Å²) in [6.45, 7) is 7.89. The number of aliphatic carboxylic acids is 1. The van der Waals surface area contributed by atoms with Gasteiger partial charge in [-0.25, -0.2) is 0 Å². The lowest BCUT2D eigenvalue weighted by atomic mass is 9.88. The number of allylic oxidation sites excluding steroid dienone is 1. The molecule has 3 nitrogen and oxygen atoms in total. The van der Waals surface area contributed by atoms with Gasteiger partial charge >= 0.3 is 5.97 Å². The zero-order chi connectivity index (χ0) is 18.9. The molecule has 1 atom stereocenters. The molecule has 0 saturated heterocycles. The molecule has 0 saturated carbocycles. The van der Waals surface area contributed by atoms with Crippen LogP contribution in [0.25, 0.3) is 0 Å². The van der Waals surface area contributed by atoms with Crippen LogP contribution in [0.15, 0.2) is 12.2 Å². The van der Waals surface area contributed by atoms with Crippen molar-refractivity contribution in [1.29, 1.82) is 0 Å². The Labute approximate surface area is 155 Å². The molecule has 0 aromatic rings. The van der Waals surface area contributed by atoms with E-state index < -0.39 is 5.97 Å². The van der Waals surface area contributed by atoms with Gasteiger partial charge < -0.3 is 5.11 Å². The van der Waals surface area contributed by atoms with E-state index in [0.29, 0.717) is 12.0 Å². The Hall–Kier alpha value is -1.12. The van der Waals surface area contributed by atoms with Gasteiger partial charge in [-0.3, -0.25) is 9.59 Å². The van der Waals surface area contributed by atoms with Crippen molar-refractivity contribution < 1.29 is 14.7 Å². The Bertz CT molecular complexity index is 373. The predicted molar refractivity (Wildman–Crippen MR) is 106 cm³/mol. The fraction of sp³-hybridized carbons (Fsp3) is 0.818. The quantitative estimate of drug-likeness (QED) is 0.220. The minimum absolute atomic E-state index is 0.186. The number of carbonyl (C=O) groups excluding carboxylic acids is 1. The number of unbranched alkanes of at least 4 members (excludes halogenated alkanes) is 10. The average molecular weight is 353 g/mol. The molecule has 0 amide bonds. The van der Waals surface area contributed by atoms with Crippen LogP contribution in [0.5, 0.6) is 0 Å². The van der Waals surface area contributed by atoms with E-state index in [1.807, 2.05) is 6.92 Å². The number of Topliss-reactive ketones (excluding diaryl/α,β-unsaturated/α-hetero) is 1. The predicted octanol–water partition coefficient (Wildman–Crippen LogP) is 6.70. The summed E-state index contributed by atoms with van der Waals surface area (Å²) in [5, 5.41) is 8.58. The van der Waals surface area contributed by atoms with Gasteiger partial charge in [0.15, 0.2) is 5.78 Å². The van der Waals surface area contributed by atoms with Gasteiger partial charge in [0, 0.05) is 12.3 Å². The zero-order valence-electron chi connectivity index (χ0n) is 16.7. The summed E-state index contributed by atoms with van der Waals surface area (Å²) < 4.78 is 0. The Morgan fingerprint density at radius 3 is 1.68 bits per heavy atom. The molecule has 0 aliphatic carbocycles. The number of hydrogen-bond acceptors (Lipinski definition) is 2. The van der Waals surface area contributed by atoms with Gasteiger partial charge in [0.2, 0.25) is 0 Å². The van der Waals surface area contributed by atoms with Crippen LogP contribution in [0.2, 0.25) is 0 Å². The highest BCUT2D eigenvalue weighted by Gasteiger charge is 2.17. The molecule has 0 aromatic heterocycles. The Kier molecular flexibility index (Phi) is 15.6. The minimum Gasteiger partial charge on any atom is -0.481 e. The number of ketones is 1. The lowest BCUT2D eigenvalue weighted by molar-refractivity contribution is -0.137. The van der Waals surface area contributed by atoms with Gasteiger partial charge in [0.1, 0.15) is 0 Å². The van der Waals surface area contributed by atoms with Crippen LogP contribution >= 0.6 is 0 Å². The number of hydrogen-bond donors (Lipinski definition) is 1. The van der Waals surface area contributed by atoms with Crippen LogP contribution in [0.4, 0.5) is 0 Å². The molecule has 1 N–H and O–H groups in total. The maximum atomic E-state index is 12.3. The van der Waals surface area contributed by atoms with E-state index in [-0.39, 0.29) is 11.7 Å². The van der Waals surface area contributed by atoms with Crippen LogP contribution in [0, 0.1) is 5.92 Å². The van der Waals surface area contributed by atoms with Crippen LogP contribution < -0.4 is 0 Å². The molecule has 0 heterocycles. The van der Waals surface area contributed by atoms with Crippen molar-refractivity contribution in [3.63, 3.8) is 0 Å². The minimum atomic E-state index is -0.687. The lowest BCUT2D eigenvalue weighted by Crippen LogP contribution is -2.15. The fourth-order valence-corrected chi connectivity index (χ4v) is 3.30. The van der Waals surface area contributed by atoms with E-state index in [1.165, 1.54) is 44.9 Å². The number of rotatable bonds is 18. The normalized spacial score (nSPS) is 12.1. The first-order chi connectivity index (χ1) is 12.0. The summed E-state index contributed by atoms with van der Waals surface area (Å²) in [4.78, 5) is 22.7. The van der Waals surface area contributed by atoms with E-state index in [0.717, 1.165) is 44.9 Å². The summed E-state index contributed by atoms with van der Waals surface area (Å²) in [5.41, 5.74) is 0.710. The monoisotopic (exact) mass is 352 g/mol. The smallest absolute Gasteiger partial charge is 0.303 e. The van der Waals surface area contributed by atoms with Crippen molar-refractivity contribution in [3.8, 4) is 0 Å². The summed E-state index contributed by atoms with van der Waals surface area (Å²) >= 11 is 0. The van der Waals surface area contributed by atoms with E-state index in [9.17, 15) is 9.59 Å². The van der Waals surface area contributed by atoms with Crippen molar-refractivity contribution in [2.75, 3.05) is 0 Å². The van der Waals surface area contributed by atoms with E-state index in [2.05, 4.69) is 13.5 Å². The molecule has 25 heavy (non-hydrogen) atoms. The summed E-state index contributed by atoms with van der Waals surface area (Å²) in [6, 6.07) is 0. The second kappa shape index (κ2) is 16.4. The molecule has 146 valence electrons. The van der Waals surface area contributed by atoms with E-state index >= 15 is 0 Å². The van der Waals surface area contributed by atoms with Crippen LogP contribution in [-0.4, -0.2) is 16.9 Å². The van der Waals surface area contributed by atoms with Gasteiger partial charge in [-0.2, -0.15) is 0 Å². The fourth-order valence-electron chi connectivity index (χ4n) is 3.30. The third-order valence-corrected chi connectivity index (χ3v) is 4.89. The molecular formula is C22H40O3. The lowest BCUT2D eigenvalue weighted by Gasteiger charge is -2.15. The van der Waals surface area contributed by atoms with Crippen LogP contribution in [-0.2, 0) is 9.59 Å². The van der Waals surface area contributed by atoms with Gasteiger partial charge in [0.05, 0.1) is 0 Å². The first-order valence-electron chi connectivity index (χ1n) is 10.4. The highest BCUT2D eigenvalue weighted by molar-refractivity contribution is 5.95. The Morgan fingerprint density at radius 2 is 1.24 bits per heavy atom. The van der Waals surface area contributed by atoms with Crippen LogP contribution in [0.1, 0.15) is 110 Å². The number of carboxylic acid groups (broad SMARTS) is 1. The SMILES string of the molecule is C=C(C)C(=O)C(CCCCCC)CCCCCCCCCCC(=O)O.